The van der Waals surface area contributed by atoms with Gasteiger partial charge in [-0.15, -0.1) is 0 Å². The van der Waals surface area contributed by atoms with Crippen LogP contribution in [0.1, 0.15) is 30.7 Å². The minimum atomic E-state index is -0.677. The van der Waals surface area contributed by atoms with Crippen LogP contribution in [0.3, 0.4) is 0 Å². The molecule has 0 heterocycles. The van der Waals surface area contributed by atoms with E-state index in [1.54, 1.807) is 6.07 Å². The van der Waals surface area contributed by atoms with Crippen LogP contribution in [-0.2, 0) is 0 Å². The Kier molecular flexibility index (Phi) is 3.03. The van der Waals surface area contributed by atoms with Crippen molar-refractivity contribution in [3.05, 3.63) is 39.6 Å². The van der Waals surface area contributed by atoms with E-state index in [1.807, 2.05) is 0 Å². The summed E-state index contributed by atoms with van der Waals surface area (Å²) < 4.78 is 13.6. The lowest BCUT2D eigenvalue weighted by atomic mass is 9.85. The molecule has 0 saturated heterocycles. The summed E-state index contributed by atoms with van der Waals surface area (Å²) in [7, 11) is 0. The van der Waals surface area contributed by atoms with Crippen LogP contribution in [0.25, 0.3) is 0 Å². The second kappa shape index (κ2) is 4.43. The highest BCUT2D eigenvalue weighted by atomic mass is 35.5. The zero-order chi connectivity index (χ0) is 12.9. The predicted octanol–water partition coefficient (Wildman–Crippen LogP) is 4.82. The second-order valence-electron chi connectivity index (χ2n) is 5.12. The molecular weight excluding hydrogens is 274 g/mol. The summed E-state index contributed by atoms with van der Waals surface area (Å²) in [5.74, 6) is -0.160. The van der Waals surface area contributed by atoms with Gasteiger partial charge in [-0.25, -0.2) is 4.39 Å². The fourth-order valence-corrected chi connectivity index (χ4v) is 3.99. The SMILES string of the molecule is Oc1c(F)cc(C2C(Cl)=CC3CCCC32)cc1Cl. The number of phenolic OH excluding ortho intramolecular Hbond substituents is 1. The largest absolute Gasteiger partial charge is 0.504 e. The summed E-state index contributed by atoms with van der Waals surface area (Å²) in [6.07, 6.45) is 5.57. The van der Waals surface area contributed by atoms with Crippen molar-refractivity contribution in [2.45, 2.75) is 25.2 Å². The van der Waals surface area contributed by atoms with Crippen molar-refractivity contribution in [2.24, 2.45) is 11.8 Å². The van der Waals surface area contributed by atoms with E-state index in [9.17, 15) is 9.50 Å². The standard InChI is InChI=1S/C14H13Cl2FO/c15-10-4-7-2-1-3-9(7)13(10)8-5-11(16)14(18)12(17)6-8/h4-7,9,13,18H,1-3H2. The predicted molar refractivity (Wildman–Crippen MR) is 70.6 cm³/mol. The van der Waals surface area contributed by atoms with Gasteiger partial charge in [0.05, 0.1) is 5.02 Å². The Morgan fingerprint density at radius 3 is 2.72 bits per heavy atom. The van der Waals surface area contributed by atoms with Gasteiger partial charge >= 0.3 is 0 Å². The fraction of sp³-hybridized carbons (Fsp3) is 0.429. The molecule has 1 aromatic rings. The average molecular weight is 287 g/mol. The summed E-state index contributed by atoms with van der Waals surface area (Å²) in [6.45, 7) is 0. The molecule has 1 saturated carbocycles. The molecule has 0 radical (unpaired) electrons. The third kappa shape index (κ3) is 1.83. The minimum absolute atomic E-state index is 0.0340. The van der Waals surface area contributed by atoms with E-state index in [0.29, 0.717) is 11.8 Å². The third-order valence-corrected chi connectivity index (χ3v) is 4.77. The molecule has 3 atom stereocenters. The first-order chi connectivity index (χ1) is 8.58. The van der Waals surface area contributed by atoms with Crippen molar-refractivity contribution >= 4 is 23.2 Å². The molecule has 2 aliphatic rings. The number of fused-ring (bicyclic) bond motifs is 1. The minimum Gasteiger partial charge on any atom is -0.504 e. The van der Waals surface area contributed by atoms with Crippen LogP contribution in [0.15, 0.2) is 23.2 Å². The van der Waals surface area contributed by atoms with Gasteiger partial charge in [0.15, 0.2) is 11.6 Å². The molecule has 0 spiro atoms. The lowest BCUT2D eigenvalue weighted by Crippen LogP contribution is -2.10. The van der Waals surface area contributed by atoms with Crippen molar-refractivity contribution in [1.82, 2.24) is 0 Å². The van der Waals surface area contributed by atoms with Gasteiger partial charge in [-0.2, -0.15) is 0 Å². The van der Waals surface area contributed by atoms with Gasteiger partial charge in [0.1, 0.15) is 0 Å². The Hall–Kier alpha value is -0.730. The van der Waals surface area contributed by atoms with Crippen LogP contribution in [0, 0.1) is 17.7 Å². The highest BCUT2D eigenvalue weighted by Crippen LogP contribution is 2.53. The Morgan fingerprint density at radius 2 is 2.00 bits per heavy atom. The molecule has 3 unspecified atom stereocenters. The molecule has 1 N–H and O–H groups in total. The van der Waals surface area contributed by atoms with Crippen LogP contribution in [-0.4, -0.2) is 5.11 Å². The van der Waals surface area contributed by atoms with Gasteiger partial charge in [0, 0.05) is 11.0 Å². The Morgan fingerprint density at radius 1 is 1.22 bits per heavy atom. The van der Waals surface area contributed by atoms with E-state index in [-0.39, 0.29) is 10.9 Å². The quantitative estimate of drug-likeness (QED) is 0.785. The van der Waals surface area contributed by atoms with Crippen LogP contribution >= 0.6 is 23.2 Å². The number of aromatic hydroxyl groups is 1. The molecule has 1 nitrogen and oxygen atoms in total. The number of phenols is 1. The zero-order valence-electron chi connectivity index (χ0n) is 9.67. The first-order valence-corrected chi connectivity index (χ1v) is 6.88. The van der Waals surface area contributed by atoms with Crippen LogP contribution < -0.4 is 0 Å². The van der Waals surface area contributed by atoms with Gasteiger partial charge in [-0.3, -0.25) is 0 Å². The van der Waals surface area contributed by atoms with Gasteiger partial charge in [-0.05, 0) is 42.4 Å². The molecule has 0 aliphatic heterocycles. The molecular formula is C14H13Cl2FO. The number of rotatable bonds is 1. The molecule has 3 rings (SSSR count). The highest BCUT2D eigenvalue weighted by molar-refractivity contribution is 6.32. The van der Waals surface area contributed by atoms with Gasteiger partial charge in [0.25, 0.3) is 0 Å². The van der Waals surface area contributed by atoms with E-state index in [2.05, 4.69) is 6.08 Å². The fourth-order valence-electron chi connectivity index (χ4n) is 3.32. The van der Waals surface area contributed by atoms with Crippen molar-refractivity contribution in [3.8, 4) is 5.75 Å². The summed E-state index contributed by atoms with van der Waals surface area (Å²) >= 11 is 12.1. The Labute approximate surface area is 115 Å². The van der Waals surface area contributed by atoms with Crippen LogP contribution in [0.5, 0.6) is 5.75 Å². The number of hydrogen-bond acceptors (Lipinski definition) is 1. The first-order valence-electron chi connectivity index (χ1n) is 6.13. The summed E-state index contributed by atoms with van der Waals surface area (Å²) in [6, 6.07) is 2.98. The van der Waals surface area contributed by atoms with Crippen LogP contribution in [0.4, 0.5) is 4.39 Å². The van der Waals surface area contributed by atoms with E-state index in [1.165, 1.54) is 12.5 Å². The van der Waals surface area contributed by atoms with Gasteiger partial charge < -0.3 is 5.11 Å². The van der Waals surface area contributed by atoms with Crippen LogP contribution in [0.2, 0.25) is 5.02 Å². The molecule has 18 heavy (non-hydrogen) atoms. The maximum absolute atomic E-state index is 13.6. The zero-order valence-corrected chi connectivity index (χ0v) is 11.2. The van der Waals surface area contributed by atoms with Crippen molar-refractivity contribution in [1.29, 1.82) is 0 Å². The first kappa shape index (κ1) is 12.3. The summed E-state index contributed by atoms with van der Waals surface area (Å²) in [5.41, 5.74) is 0.769. The molecule has 1 fully saturated rings. The van der Waals surface area contributed by atoms with Crippen molar-refractivity contribution in [3.63, 3.8) is 0 Å². The van der Waals surface area contributed by atoms with Gasteiger partial charge in [-0.1, -0.05) is 35.7 Å². The van der Waals surface area contributed by atoms with E-state index in [0.717, 1.165) is 23.4 Å². The molecule has 0 bridgehead atoms. The molecule has 2 aliphatic carbocycles. The van der Waals surface area contributed by atoms with E-state index < -0.39 is 11.6 Å². The topological polar surface area (TPSA) is 20.2 Å². The second-order valence-corrected chi connectivity index (χ2v) is 5.96. The van der Waals surface area contributed by atoms with Crippen molar-refractivity contribution < 1.29 is 9.50 Å². The Balaban J connectivity index is 2.02. The molecule has 4 heteroatoms. The highest BCUT2D eigenvalue weighted by Gasteiger charge is 2.40. The maximum atomic E-state index is 13.6. The smallest absolute Gasteiger partial charge is 0.170 e. The Bertz CT molecular complexity index is 504. The molecule has 96 valence electrons. The van der Waals surface area contributed by atoms with E-state index >= 15 is 0 Å². The van der Waals surface area contributed by atoms with Crippen molar-refractivity contribution in [2.75, 3.05) is 0 Å². The molecule has 1 aromatic carbocycles. The lowest BCUT2D eigenvalue weighted by molar-refractivity contribution is 0.425. The number of allylic oxidation sites excluding steroid dienone is 2. The monoisotopic (exact) mass is 286 g/mol. The average Bonchev–Trinajstić information content (AvgIpc) is 2.84. The molecule has 0 aromatic heterocycles. The normalized spacial score (nSPS) is 30.4. The van der Waals surface area contributed by atoms with E-state index in [4.69, 9.17) is 23.2 Å². The number of hydrogen-bond donors (Lipinski definition) is 1. The third-order valence-electron chi connectivity index (χ3n) is 4.12. The molecule has 0 amide bonds. The summed E-state index contributed by atoms with van der Waals surface area (Å²) in [4.78, 5) is 0. The lowest BCUT2D eigenvalue weighted by Gasteiger charge is -2.21. The van der Waals surface area contributed by atoms with Gasteiger partial charge in [0.2, 0.25) is 0 Å². The number of halogens is 3. The number of benzene rings is 1. The summed E-state index contributed by atoms with van der Waals surface area (Å²) in [5, 5.41) is 10.2. The maximum Gasteiger partial charge on any atom is 0.170 e.